The average molecular weight is 220 g/mol. The van der Waals surface area contributed by atoms with Gasteiger partial charge in [-0.25, -0.2) is 0 Å². The summed E-state index contributed by atoms with van der Waals surface area (Å²) >= 11 is 0. The summed E-state index contributed by atoms with van der Waals surface area (Å²) in [7, 11) is 0. The maximum Gasteiger partial charge on any atom is 0.0634 e. The highest BCUT2D eigenvalue weighted by Gasteiger charge is 2.21. The van der Waals surface area contributed by atoms with Crippen LogP contribution in [0.15, 0.2) is 24.3 Å². The van der Waals surface area contributed by atoms with E-state index in [0.717, 1.165) is 26.3 Å². The van der Waals surface area contributed by atoms with Crippen molar-refractivity contribution in [1.82, 2.24) is 4.90 Å². The van der Waals surface area contributed by atoms with Gasteiger partial charge in [-0.1, -0.05) is 29.8 Å². The van der Waals surface area contributed by atoms with Crippen molar-refractivity contribution in [3.63, 3.8) is 0 Å². The third-order valence-electron chi connectivity index (χ3n) is 3.09. The van der Waals surface area contributed by atoms with Crippen LogP contribution in [0.3, 0.4) is 0 Å². The van der Waals surface area contributed by atoms with E-state index in [1.165, 1.54) is 11.1 Å². The van der Waals surface area contributed by atoms with Gasteiger partial charge in [-0.05, 0) is 12.5 Å². The molecule has 0 radical (unpaired) electrons. The van der Waals surface area contributed by atoms with Gasteiger partial charge in [0.25, 0.3) is 0 Å². The van der Waals surface area contributed by atoms with Gasteiger partial charge in [-0.15, -0.1) is 0 Å². The van der Waals surface area contributed by atoms with Crippen LogP contribution in [-0.2, 0) is 11.3 Å². The molecule has 0 spiro atoms. The Balaban J connectivity index is 2.02. The molecule has 1 saturated heterocycles. The van der Waals surface area contributed by atoms with Gasteiger partial charge in [-0.3, -0.25) is 4.90 Å². The second-order valence-electron chi connectivity index (χ2n) is 4.42. The Labute approximate surface area is 97.2 Å². The molecule has 1 aliphatic rings. The number of hydrogen-bond acceptors (Lipinski definition) is 3. The maximum atomic E-state index is 5.76. The molecule has 1 atom stereocenters. The molecule has 2 N–H and O–H groups in total. The summed E-state index contributed by atoms with van der Waals surface area (Å²) < 4.78 is 5.44. The quantitative estimate of drug-likeness (QED) is 0.830. The maximum absolute atomic E-state index is 5.76. The molecule has 2 rings (SSSR count). The van der Waals surface area contributed by atoms with Crippen molar-refractivity contribution in [2.24, 2.45) is 5.73 Å². The highest BCUT2D eigenvalue weighted by molar-refractivity contribution is 5.22. The number of nitrogens with zero attached hydrogens (tertiary/aromatic N) is 1. The van der Waals surface area contributed by atoms with Gasteiger partial charge in [-0.2, -0.15) is 0 Å². The summed E-state index contributed by atoms with van der Waals surface area (Å²) in [6.07, 6.45) is 0. The topological polar surface area (TPSA) is 38.5 Å². The Kier molecular flexibility index (Phi) is 3.93. The minimum Gasteiger partial charge on any atom is -0.378 e. The summed E-state index contributed by atoms with van der Waals surface area (Å²) in [6, 6.07) is 9.03. The normalized spacial score (nSPS) is 22.2. The van der Waals surface area contributed by atoms with Crippen LogP contribution in [0.1, 0.15) is 11.1 Å². The van der Waals surface area contributed by atoms with Crippen molar-refractivity contribution in [2.75, 3.05) is 26.3 Å². The lowest BCUT2D eigenvalue weighted by Gasteiger charge is -2.34. The predicted molar refractivity (Wildman–Crippen MR) is 65.3 cm³/mol. The summed E-state index contributed by atoms with van der Waals surface area (Å²) in [5, 5.41) is 0. The highest BCUT2D eigenvalue weighted by Crippen LogP contribution is 2.12. The highest BCUT2D eigenvalue weighted by atomic mass is 16.5. The molecule has 3 heteroatoms. The van der Waals surface area contributed by atoms with Crippen LogP contribution in [0.5, 0.6) is 0 Å². The van der Waals surface area contributed by atoms with E-state index in [4.69, 9.17) is 10.5 Å². The summed E-state index contributed by atoms with van der Waals surface area (Å²) in [5.74, 6) is 0. The van der Waals surface area contributed by atoms with Crippen molar-refractivity contribution in [1.29, 1.82) is 0 Å². The van der Waals surface area contributed by atoms with Gasteiger partial charge < -0.3 is 10.5 Å². The molecule has 1 fully saturated rings. The van der Waals surface area contributed by atoms with E-state index in [0.29, 0.717) is 12.6 Å². The third-order valence-corrected chi connectivity index (χ3v) is 3.09. The second kappa shape index (κ2) is 5.43. The van der Waals surface area contributed by atoms with Gasteiger partial charge in [0.1, 0.15) is 0 Å². The molecule has 1 aromatic carbocycles. The Morgan fingerprint density at radius 2 is 2.38 bits per heavy atom. The molecule has 3 nitrogen and oxygen atoms in total. The summed E-state index contributed by atoms with van der Waals surface area (Å²) in [4.78, 5) is 2.41. The lowest BCUT2D eigenvalue weighted by Crippen LogP contribution is -2.48. The van der Waals surface area contributed by atoms with E-state index >= 15 is 0 Å². The zero-order valence-electron chi connectivity index (χ0n) is 9.86. The molecule has 1 aromatic rings. The van der Waals surface area contributed by atoms with E-state index in [9.17, 15) is 0 Å². The Hall–Kier alpha value is -0.900. The van der Waals surface area contributed by atoms with Crippen molar-refractivity contribution in [3.05, 3.63) is 35.4 Å². The first-order valence-electron chi connectivity index (χ1n) is 5.87. The number of hydrogen-bond donors (Lipinski definition) is 1. The standard InChI is InChI=1S/C13H20N2O/c1-11-3-2-4-12(7-11)9-15-5-6-16-10-13(15)8-14/h2-4,7,13H,5-6,8-10,14H2,1H3. The molecule has 1 heterocycles. The number of morpholine rings is 1. The van der Waals surface area contributed by atoms with Crippen LogP contribution in [0.25, 0.3) is 0 Å². The van der Waals surface area contributed by atoms with Gasteiger partial charge in [0, 0.05) is 25.7 Å². The molecule has 0 saturated carbocycles. The number of ether oxygens (including phenoxy) is 1. The fourth-order valence-corrected chi connectivity index (χ4v) is 2.16. The summed E-state index contributed by atoms with van der Waals surface area (Å²) in [5.41, 5.74) is 8.43. The number of nitrogens with two attached hydrogens (primary N) is 1. The van der Waals surface area contributed by atoms with E-state index in [1.54, 1.807) is 0 Å². The van der Waals surface area contributed by atoms with E-state index in [-0.39, 0.29) is 0 Å². The Morgan fingerprint density at radius 1 is 1.50 bits per heavy atom. The molecule has 0 bridgehead atoms. The molecule has 0 aliphatic carbocycles. The van der Waals surface area contributed by atoms with Crippen LogP contribution >= 0.6 is 0 Å². The number of rotatable bonds is 3. The van der Waals surface area contributed by atoms with E-state index in [1.807, 2.05) is 0 Å². The smallest absolute Gasteiger partial charge is 0.0634 e. The van der Waals surface area contributed by atoms with Gasteiger partial charge in [0.2, 0.25) is 0 Å². The van der Waals surface area contributed by atoms with Gasteiger partial charge in [0.15, 0.2) is 0 Å². The predicted octanol–water partition coefficient (Wildman–Crippen LogP) is 1.15. The molecule has 88 valence electrons. The zero-order chi connectivity index (χ0) is 11.4. The third kappa shape index (κ3) is 2.82. The summed E-state index contributed by atoms with van der Waals surface area (Å²) in [6.45, 7) is 6.35. The minimum atomic E-state index is 0.370. The second-order valence-corrected chi connectivity index (χ2v) is 4.42. The van der Waals surface area contributed by atoms with Crippen molar-refractivity contribution in [2.45, 2.75) is 19.5 Å². The number of aryl methyl sites for hydroxylation is 1. The van der Waals surface area contributed by atoms with Crippen LogP contribution in [0.2, 0.25) is 0 Å². The van der Waals surface area contributed by atoms with E-state index < -0.39 is 0 Å². The zero-order valence-corrected chi connectivity index (χ0v) is 9.86. The lowest BCUT2D eigenvalue weighted by molar-refractivity contribution is -0.00793. The van der Waals surface area contributed by atoms with Crippen molar-refractivity contribution in [3.8, 4) is 0 Å². The lowest BCUT2D eigenvalue weighted by atomic mass is 10.1. The number of benzene rings is 1. The molecule has 0 amide bonds. The SMILES string of the molecule is Cc1cccc(CN2CCOCC2CN)c1. The molecule has 1 unspecified atom stereocenters. The molecule has 0 aromatic heterocycles. The first kappa shape index (κ1) is 11.6. The fraction of sp³-hybridized carbons (Fsp3) is 0.538. The fourth-order valence-electron chi connectivity index (χ4n) is 2.16. The first-order chi connectivity index (χ1) is 7.79. The van der Waals surface area contributed by atoms with Crippen molar-refractivity contribution < 1.29 is 4.74 Å². The molecular weight excluding hydrogens is 200 g/mol. The monoisotopic (exact) mass is 220 g/mol. The Bertz CT molecular complexity index is 340. The van der Waals surface area contributed by atoms with Crippen molar-refractivity contribution >= 4 is 0 Å². The largest absolute Gasteiger partial charge is 0.378 e. The molecule has 16 heavy (non-hydrogen) atoms. The molecule has 1 aliphatic heterocycles. The van der Waals surface area contributed by atoms with Crippen LogP contribution in [0, 0.1) is 6.92 Å². The molecular formula is C13H20N2O. The van der Waals surface area contributed by atoms with Gasteiger partial charge >= 0.3 is 0 Å². The van der Waals surface area contributed by atoms with Crippen LogP contribution in [0.4, 0.5) is 0 Å². The Morgan fingerprint density at radius 3 is 3.12 bits per heavy atom. The van der Waals surface area contributed by atoms with Gasteiger partial charge in [0.05, 0.1) is 13.2 Å². The van der Waals surface area contributed by atoms with Crippen LogP contribution < -0.4 is 5.73 Å². The minimum absolute atomic E-state index is 0.370. The average Bonchev–Trinajstić information content (AvgIpc) is 2.30. The van der Waals surface area contributed by atoms with E-state index in [2.05, 4.69) is 36.1 Å². The van der Waals surface area contributed by atoms with Crippen LogP contribution in [-0.4, -0.2) is 37.2 Å². The first-order valence-corrected chi connectivity index (χ1v) is 5.87.